The lowest BCUT2D eigenvalue weighted by atomic mass is 9.91. The molecule has 4 atom stereocenters. The normalized spacial score (nSPS) is 40.6. The first kappa shape index (κ1) is 11.5. The summed E-state index contributed by atoms with van der Waals surface area (Å²) in [5.74, 6) is 0.804. The minimum absolute atomic E-state index is 0.110. The van der Waals surface area contributed by atoms with Crippen LogP contribution in [0, 0.1) is 11.8 Å². The standard InChI is InChI=1S/C16H19NO2/c1-11-13-8-5-9-16(13)17(15(11)18)14(10-19-16)12-6-3-2-4-7-12/h2-4,6-7,11,13-14H,5,8-10H2,1H3/t11-,13-,14+,16+/m1/s1. The number of hydrogen-bond acceptors (Lipinski definition) is 2. The Bertz CT molecular complexity index is 515. The summed E-state index contributed by atoms with van der Waals surface area (Å²) in [5, 5.41) is 0. The second-order valence-electron chi connectivity index (χ2n) is 6.08. The Kier molecular flexibility index (Phi) is 2.31. The average Bonchev–Trinajstić information content (AvgIpc) is 3.07. The molecule has 2 heterocycles. The number of benzene rings is 1. The lowest BCUT2D eigenvalue weighted by Crippen LogP contribution is -2.43. The third-order valence-corrected chi connectivity index (χ3v) is 5.25. The van der Waals surface area contributed by atoms with Gasteiger partial charge in [0.1, 0.15) is 5.72 Å². The van der Waals surface area contributed by atoms with E-state index in [9.17, 15) is 4.79 Å². The fourth-order valence-corrected chi connectivity index (χ4v) is 4.39. The van der Waals surface area contributed by atoms with Crippen molar-refractivity contribution in [2.24, 2.45) is 11.8 Å². The van der Waals surface area contributed by atoms with E-state index >= 15 is 0 Å². The lowest BCUT2D eigenvalue weighted by molar-refractivity contribution is -0.140. The van der Waals surface area contributed by atoms with Crippen molar-refractivity contribution in [1.82, 2.24) is 4.90 Å². The molecule has 1 amide bonds. The monoisotopic (exact) mass is 257 g/mol. The highest BCUT2D eigenvalue weighted by Crippen LogP contribution is 2.57. The number of nitrogens with zero attached hydrogens (tertiary/aromatic N) is 1. The Morgan fingerprint density at radius 3 is 2.89 bits per heavy atom. The molecular formula is C16H19NO2. The average molecular weight is 257 g/mol. The van der Waals surface area contributed by atoms with Gasteiger partial charge >= 0.3 is 0 Å². The molecule has 0 unspecified atom stereocenters. The summed E-state index contributed by atoms with van der Waals surface area (Å²) < 4.78 is 6.20. The first-order valence-electron chi connectivity index (χ1n) is 7.26. The van der Waals surface area contributed by atoms with Gasteiger partial charge in [-0.15, -0.1) is 0 Å². The van der Waals surface area contributed by atoms with Crippen LogP contribution in [0.4, 0.5) is 0 Å². The second kappa shape index (κ2) is 3.83. The zero-order valence-corrected chi connectivity index (χ0v) is 11.2. The third-order valence-electron chi connectivity index (χ3n) is 5.25. The topological polar surface area (TPSA) is 29.5 Å². The van der Waals surface area contributed by atoms with Crippen molar-refractivity contribution in [2.75, 3.05) is 6.61 Å². The number of amides is 1. The lowest BCUT2D eigenvalue weighted by Gasteiger charge is -2.32. The number of carbonyl (C=O) groups excluding carboxylic acids is 1. The molecular weight excluding hydrogens is 238 g/mol. The molecule has 3 aliphatic rings. The Hall–Kier alpha value is -1.35. The van der Waals surface area contributed by atoms with Crippen LogP contribution in [0.5, 0.6) is 0 Å². The van der Waals surface area contributed by atoms with Crippen molar-refractivity contribution in [3.05, 3.63) is 35.9 Å². The van der Waals surface area contributed by atoms with Crippen LogP contribution in [0.3, 0.4) is 0 Å². The van der Waals surface area contributed by atoms with Crippen LogP contribution in [0.1, 0.15) is 37.8 Å². The fraction of sp³-hybridized carbons (Fsp3) is 0.562. The summed E-state index contributed by atoms with van der Waals surface area (Å²) in [4.78, 5) is 14.7. The van der Waals surface area contributed by atoms with E-state index in [-0.39, 0.29) is 23.6 Å². The molecule has 1 saturated carbocycles. The molecule has 0 aromatic heterocycles. The van der Waals surface area contributed by atoms with Crippen molar-refractivity contribution in [3.63, 3.8) is 0 Å². The molecule has 19 heavy (non-hydrogen) atoms. The third kappa shape index (κ3) is 1.34. The molecule has 0 radical (unpaired) electrons. The van der Waals surface area contributed by atoms with E-state index in [1.165, 1.54) is 12.0 Å². The van der Waals surface area contributed by atoms with Crippen LogP contribution in [-0.4, -0.2) is 23.1 Å². The molecule has 1 aromatic carbocycles. The van der Waals surface area contributed by atoms with Gasteiger partial charge in [-0.25, -0.2) is 0 Å². The smallest absolute Gasteiger partial charge is 0.228 e. The van der Waals surface area contributed by atoms with Gasteiger partial charge in [0, 0.05) is 11.8 Å². The van der Waals surface area contributed by atoms with Gasteiger partial charge in [-0.3, -0.25) is 4.79 Å². The van der Waals surface area contributed by atoms with Crippen LogP contribution in [-0.2, 0) is 9.53 Å². The molecule has 0 N–H and O–H groups in total. The minimum Gasteiger partial charge on any atom is -0.353 e. The maximum atomic E-state index is 12.6. The van der Waals surface area contributed by atoms with Crippen LogP contribution in [0.15, 0.2) is 30.3 Å². The molecule has 1 spiro atoms. The second-order valence-corrected chi connectivity index (χ2v) is 6.08. The van der Waals surface area contributed by atoms with Gasteiger partial charge in [-0.05, 0) is 24.8 Å². The quantitative estimate of drug-likeness (QED) is 0.774. The molecule has 3 heteroatoms. The van der Waals surface area contributed by atoms with E-state index in [4.69, 9.17) is 4.74 Å². The zero-order chi connectivity index (χ0) is 13.0. The van der Waals surface area contributed by atoms with Crippen molar-refractivity contribution in [1.29, 1.82) is 0 Å². The molecule has 2 saturated heterocycles. The predicted octanol–water partition coefficient (Wildman–Crippen LogP) is 2.73. The Labute approximate surface area is 113 Å². The Balaban J connectivity index is 1.77. The molecule has 1 aliphatic carbocycles. The van der Waals surface area contributed by atoms with Crippen molar-refractivity contribution in [2.45, 2.75) is 38.0 Å². The predicted molar refractivity (Wildman–Crippen MR) is 71.2 cm³/mol. The van der Waals surface area contributed by atoms with Gasteiger partial charge in [0.2, 0.25) is 5.91 Å². The summed E-state index contributed by atoms with van der Waals surface area (Å²) in [6.45, 7) is 2.72. The summed E-state index contributed by atoms with van der Waals surface area (Å²) >= 11 is 0. The molecule has 4 rings (SSSR count). The summed E-state index contributed by atoms with van der Waals surface area (Å²) in [6, 6.07) is 10.4. The van der Waals surface area contributed by atoms with E-state index in [2.05, 4.69) is 24.0 Å². The summed E-state index contributed by atoms with van der Waals surface area (Å²) in [6.07, 6.45) is 3.32. The molecule has 100 valence electrons. The van der Waals surface area contributed by atoms with Crippen molar-refractivity contribution < 1.29 is 9.53 Å². The van der Waals surface area contributed by atoms with Crippen LogP contribution >= 0.6 is 0 Å². The van der Waals surface area contributed by atoms with Gasteiger partial charge in [-0.2, -0.15) is 0 Å². The van der Waals surface area contributed by atoms with E-state index in [0.717, 1.165) is 12.8 Å². The number of rotatable bonds is 1. The van der Waals surface area contributed by atoms with Crippen LogP contribution in [0.2, 0.25) is 0 Å². The maximum absolute atomic E-state index is 12.6. The number of ether oxygens (including phenoxy) is 1. The number of carbonyl (C=O) groups is 1. The first-order chi connectivity index (χ1) is 9.24. The van der Waals surface area contributed by atoms with Gasteiger partial charge < -0.3 is 9.64 Å². The first-order valence-corrected chi connectivity index (χ1v) is 7.26. The summed E-state index contributed by atoms with van der Waals surface area (Å²) in [5.41, 5.74) is 0.921. The molecule has 3 fully saturated rings. The van der Waals surface area contributed by atoms with Gasteiger partial charge in [0.05, 0.1) is 12.6 Å². The highest BCUT2D eigenvalue weighted by atomic mass is 16.5. The van der Waals surface area contributed by atoms with Crippen molar-refractivity contribution >= 4 is 5.91 Å². The largest absolute Gasteiger partial charge is 0.353 e. The number of hydrogen-bond donors (Lipinski definition) is 0. The molecule has 3 nitrogen and oxygen atoms in total. The Morgan fingerprint density at radius 2 is 2.11 bits per heavy atom. The summed E-state index contributed by atoms with van der Waals surface area (Å²) in [7, 11) is 0. The van der Waals surface area contributed by atoms with Crippen LogP contribution < -0.4 is 0 Å². The van der Waals surface area contributed by atoms with E-state index in [1.54, 1.807) is 0 Å². The highest BCUT2D eigenvalue weighted by molar-refractivity contribution is 5.83. The Morgan fingerprint density at radius 1 is 1.32 bits per heavy atom. The van der Waals surface area contributed by atoms with Gasteiger partial charge in [0.15, 0.2) is 0 Å². The van der Waals surface area contributed by atoms with Gasteiger partial charge in [-0.1, -0.05) is 37.3 Å². The van der Waals surface area contributed by atoms with Gasteiger partial charge in [0.25, 0.3) is 0 Å². The van der Waals surface area contributed by atoms with E-state index in [0.29, 0.717) is 12.5 Å². The highest BCUT2D eigenvalue weighted by Gasteiger charge is 2.64. The van der Waals surface area contributed by atoms with E-state index in [1.807, 2.05) is 18.2 Å². The van der Waals surface area contributed by atoms with E-state index < -0.39 is 0 Å². The van der Waals surface area contributed by atoms with Crippen molar-refractivity contribution in [3.8, 4) is 0 Å². The maximum Gasteiger partial charge on any atom is 0.228 e. The minimum atomic E-state index is -0.281. The fourth-order valence-electron chi connectivity index (χ4n) is 4.39. The molecule has 1 aromatic rings. The zero-order valence-electron chi connectivity index (χ0n) is 11.2. The SMILES string of the molecule is C[C@H]1C(=O)N2[C@H](c3ccccc3)CO[C@]23CCC[C@H]13. The van der Waals surface area contributed by atoms with Crippen LogP contribution in [0.25, 0.3) is 0 Å². The molecule has 2 aliphatic heterocycles. The molecule has 0 bridgehead atoms.